The Bertz CT molecular complexity index is 1550. The molecule has 1 aliphatic rings. The molecule has 0 radical (unpaired) electrons. The second-order valence-corrected chi connectivity index (χ2v) is 8.75. The highest BCUT2D eigenvalue weighted by atomic mass is 19.1. The Hall–Kier alpha value is -3.64. The Labute approximate surface area is 198 Å². The summed E-state index contributed by atoms with van der Waals surface area (Å²) in [7, 11) is 0. The third kappa shape index (κ3) is 3.43. The van der Waals surface area contributed by atoms with E-state index in [0.29, 0.717) is 30.8 Å². The van der Waals surface area contributed by atoms with Gasteiger partial charge >= 0.3 is 0 Å². The van der Waals surface area contributed by atoms with Crippen molar-refractivity contribution in [2.24, 2.45) is 0 Å². The smallest absolute Gasteiger partial charge is 0.197 e. The third-order valence-electron chi connectivity index (χ3n) is 6.71. The van der Waals surface area contributed by atoms with Crippen LogP contribution in [0.15, 0.2) is 55.1 Å². The molecular formula is C24H24FN7O3. The van der Waals surface area contributed by atoms with Crippen LogP contribution in [0.5, 0.6) is 0 Å². The molecule has 2 aromatic carbocycles. The fourth-order valence-corrected chi connectivity index (χ4v) is 4.92. The maximum Gasteiger partial charge on any atom is 0.197 e. The first kappa shape index (κ1) is 21.9. The number of aliphatic hydroxyl groups excluding tert-OH is 1. The molecule has 6 rings (SSSR count). The minimum Gasteiger partial charge on any atom is -0.385 e. The molecule has 0 amide bonds. The van der Waals surface area contributed by atoms with E-state index in [1.165, 1.54) is 23.3 Å². The van der Waals surface area contributed by atoms with E-state index in [1.807, 2.05) is 24.3 Å². The number of nitrogens with two attached hydrogens (primary N) is 1. The molecule has 4 heterocycles. The molecule has 5 N–H and O–H groups in total. The number of fused-ring (bicyclic) bond motifs is 4. The van der Waals surface area contributed by atoms with E-state index < -0.39 is 17.9 Å². The van der Waals surface area contributed by atoms with Crippen LogP contribution >= 0.6 is 0 Å². The minimum absolute atomic E-state index is 0.137. The van der Waals surface area contributed by atoms with E-state index in [2.05, 4.69) is 24.8 Å². The molecule has 3 atom stereocenters. The van der Waals surface area contributed by atoms with E-state index in [9.17, 15) is 14.6 Å². The Morgan fingerprint density at radius 1 is 1.14 bits per heavy atom. The Morgan fingerprint density at radius 2 is 1.97 bits per heavy atom. The van der Waals surface area contributed by atoms with E-state index in [-0.39, 0.29) is 18.2 Å². The molecule has 1 aliphatic heterocycles. The van der Waals surface area contributed by atoms with Gasteiger partial charge in [-0.25, -0.2) is 19.3 Å². The summed E-state index contributed by atoms with van der Waals surface area (Å²) in [6.45, 7) is 1.30. The number of para-hydroxylation sites is 1. The van der Waals surface area contributed by atoms with Gasteiger partial charge < -0.3 is 30.6 Å². The Morgan fingerprint density at radius 3 is 2.86 bits per heavy atom. The number of aliphatic hydroxyl groups is 2. The van der Waals surface area contributed by atoms with Crippen molar-refractivity contribution >= 4 is 38.8 Å². The maximum atomic E-state index is 14.0. The lowest BCUT2D eigenvalue weighted by molar-refractivity contribution is -0.107. The number of hydrogen-bond acceptors (Lipinski definition) is 8. The van der Waals surface area contributed by atoms with Crippen LogP contribution in [0.3, 0.4) is 0 Å². The average Bonchev–Trinajstić information content (AvgIpc) is 3.51. The summed E-state index contributed by atoms with van der Waals surface area (Å²) < 4.78 is 23.2. The number of anilines is 1. The molecule has 180 valence electrons. The van der Waals surface area contributed by atoms with Gasteiger partial charge in [-0.2, -0.15) is 0 Å². The van der Waals surface area contributed by atoms with E-state index in [4.69, 9.17) is 10.5 Å². The lowest BCUT2D eigenvalue weighted by Crippen LogP contribution is -2.48. The molecule has 0 saturated carbocycles. The van der Waals surface area contributed by atoms with Crippen LogP contribution in [-0.2, 0) is 17.0 Å². The number of benzene rings is 2. The number of nitrogen functional groups attached to an aromatic ring is 1. The van der Waals surface area contributed by atoms with E-state index >= 15 is 0 Å². The van der Waals surface area contributed by atoms with Crippen molar-refractivity contribution in [1.29, 1.82) is 0 Å². The standard InChI is InChI=1S/C24H24FN7O3/c25-14-5-6-16-15-3-1-2-4-17(15)31(18(16)9-14)8-7-27-10-19-21(33)24(34,11-35-19)32-13-30-20-22(26)28-12-29-23(20)32/h1-6,9,12-13,19,21,27,33-34H,7-8,10-11H2,(H2,26,28,29). The van der Waals surface area contributed by atoms with Crippen LogP contribution in [0.25, 0.3) is 33.0 Å². The van der Waals surface area contributed by atoms with Crippen LogP contribution in [0, 0.1) is 5.82 Å². The Balaban J connectivity index is 1.16. The van der Waals surface area contributed by atoms with Crippen molar-refractivity contribution in [1.82, 2.24) is 29.4 Å². The number of nitrogens with one attached hydrogen (secondary N) is 1. The van der Waals surface area contributed by atoms with Crippen molar-refractivity contribution < 1.29 is 19.3 Å². The van der Waals surface area contributed by atoms with Gasteiger partial charge in [-0.3, -0.25) is 4.57 Å². The van der Waals surface area contributed by atoms with Gasteiger partial charge in [0.15, 0.2) is 17.2 Å². The molecule has 0 spiro atoms. The molecule has 11 heteroatoms. The monoisotopic (exact) mass is 477 g/mol. The molecule has 35 heavy (non-hydrogen) atoms. The number of aromatic nitrogens is 5. The molecule has 1 saturated heterocycles. The second kappa shape index (κ2) is 8.24. The first-order valence-electron chi connectivity index (χ1n) is 11.3. The van der Waals surface area contributed by atoms with Gasteiger partial charge in [0.05, 0.1) is 18.5 Å². The number of halogens is 1. The molecule has 10 nitrogen and oxygen atoms in total. The van der Waals surface area contributed by atoms with Crippen LogP contribution < -0.4 is 11.1 Å². The van der Waals surface area contributed by atoms with E-state index in [0.717, 1.165) is 21.8 Å². The quantitative estimate of drug-likeness (QED) is 0.269. The van der Waals surface area contributed by atoms with E-state index in [1.54, 1.807) is 12.1 Å². The molecule has 1 fully saturated rings. The number of imidazole rings is 1. The molecule has 0 bridgehead atoms. The normalized spacial score (nSPS) is 22.6. The number of nitrogens with zero attached hydrogens (tertiary/aromatic N) is 5. The number of rotatable bonds is 6. The van der Waals surface area contributed by atoms with Crippen molar-refractivity contribution in [2.45, 2.75) is 24.5 Å². The van der Waals surface area contributed by atoms with Crippen LogP contribution in [-0.4, -0.2) is 66.2 Å². The van der Waals surface area contributed by atoms with Gasteiger partial charge in [0.2, 0.25) is 0 Å². The first-order valence-corrected chi connectivity index (χ1v) is 11.3. The van der Waals surface area contributed by atoms with Crippen LogP contribution in [0.1, 0.15) is 0 Å². The summed E-state index contributed by atoms with van der Waals surface area (Å²) >= 11 is 0. The molecule has 3 aromatic heterocycles. The van der Waals surface area contributed by atoms with Gasteiger partial charge in [-0.1, -0.05) is 18.2 Å². The summed E-state index contributed by atoms with van der Waals surface area (Å²) in [6, 6.07) is 12.8. The fourth-order valence-electron chi connectivity index (χ4n) is 4.92. The predicted octanol–water partition coefficient (Wildman–Crippen LogP) is 1.35. The van der Waals surface area contributed by atoms with Gasteiger partial charge in [-0.05, 0) is 24.3 Å². The molecule has 0 aliphatic carbocycles. The highest BCUT2D eigenvalue weighted by molar-refractivity contribution is 6.08. The second-order valence-electron chi connectivity index (χ2n) is 8.75. The van der Waals surface area contributed by atoms with Gasteiger partial charge in [-0.15, -0.1) is 0 Å². The summed E-state index contributed by atoms with van der Waals surface area (Å²) in [5.74, 6) is -0.0933. The summed E-state index contributed by atoms with van der Waals surface area (Å²) in [4.78, 5) is 12.2. The topological polar surface area (TPSA) is 136 Å². The molecule has 5 aromatic rings. The minimum atomic E-state index is -1.74. The summed E-state index contributed by atoms with van der Waals surface area (Å²) in [6.07, 6.45) is 0.763. The number of hydrogen-bond donors (Lipinski definition) is 4. The average molecular weight is 478 g/mol. The number of ether oxygens (including phenoxy) is 1. The highest BCUT2D eigenvalue weighted by Gasteiger charge is 2.50. The van der Waals surface area contributed by atoms with Gasteiger partial charge in [0, 0.05) is 35.9 Å². The molecule has 3 unspecified atom stereocenters. The zero-order chi connectivity index (χ0) is 24.2. The van der Waals surface area contributed by atoms with Crippen LogP contribution in [0.4, 0.5) is 10.2 Å². The van der Waals surface area contributed by atoms with Crippen molar-refractivity contribution in [2.75, 3.05) is 25.4 Å². The first-order chi connectivity index (χ1) is 17.0. The van der Waals surface area contributed by atoms with Gasteiger partial charge in [0.1, 0.15) is 29.9 Å². The lowest BCUT2D eigenvalue weighted by Gasteiger charge is -2.28. The van der Waals surface area contributed by atoms with Crippen LogP contribution in [0.2, 0.25) is 0 Å². The Kier molecular flexibility index (Phi) is 5.15. The highest BCUT2D eigenvalue weighted by Crippen LogP contribution is 2.32. The zero-order valence-corrected chi connectivity index (χ0v) is 18.7. The SMILES string of the molecule is Nc1ncnc2c1ncn2C1(O)COC(CNCCn2c3ccccc3c3ccc(F)cc32)C1O. The van der Waals surface area contributed by atoms with Crippen molar-refractivity contribution in [3.8, 4) is 0 Å². The molecular weight excluding hydrogens is 453 g/mol. The van der Waals surface area contributed by atoms with Gasteiger partial charge in [0.25, 0.3) is 0 Å². The summed E-state index contributed by atoms with van der Waals surface area (Å²) in [5.41, 5.74) is 6.60. The summed E-state index contributed by atoms with van der Waals surface area (Å²) in [5, 5.41) is 27.5. The lowest BCUT2D eigenvalue weighted by atomic mass is 10.1. The predicted molar refractivity (Wildman–Crippen MR) is 128 cm³/mol. The van der Waals surface area contributed by atoms with Crippen molar-refractivity contribution in [3.63, 3.8) is 0 Å². The largest absolute Gasteiger partial charge is 0.385 e. The fraction of sp³-hybridized carbons (Fsp3) is 0.292. The maximum absolute atomic E-state index is 14.0. The van der Waals surface area contributed by atoms with Crippen molar-refractivity contribution in [3.05, 3.63) is 60.9 Å². The third-order valence-corrected chi connectivity index (χ3v) is 6.71. The zero-order valence-electron chi connectivity index (χ0n) is 18.7.